The van der Waals surface area contributed by atoms with Crippen LogP contribution in [0.15, 0.2) is 0 Å². The molecule has 1 rings (SSSR count). The Balaban J connectivity index is 1.78. The van der Waals surface area contributed by atoms with Crippen LogP contribution in [-0.4, -0.2) is 148 Å². The van der Waals surface area contributed by atoms with Crippen LogP contribution in [0.4, 0.5) is 0 Å². The van der Waals surface area contributed by atoms with Crippen LogP contribution in [0.25, 0.3) is 0 Å². The van der Waals surface area contributed by atoms with Crippen molar-refractivity contribution in [3.8, 4) is 0 Å². The van der Waals surface area contributed by atoms with Gasteiger partial charge in [0.1, 0.15) is 30.2 Å². The molecule has 0 radical (unpaired) electrons. The Hall–Kier alpha value is -1.79. The number of hydrogen-bond donors (Lipinski definition) is 6. The maximum atomic E-state index is 12.0. The minimum Gasteiger partial charge on any atom is -0.394 e. The van der Waals surface area contributed by atoms with Crippen molar-refractivity contribution < 1.29 is 63.2 Å². The average molecular weight is 737 g/mol. The number of rotatable bonds is 34. The zero-order valence-corrected chi connectivity index (χ0v) is 31.1. The van der Waals surface area contributed by atoms with Crippen molar-refractivity contribution in [3.05, 3.63) is 0 Å². The Kier molecular flexibility index (Phi) is 29.4. The standard InChI is InChI=1S/C36H68N2O13/c1-28(2)14-15-32(42)37-16-8-3-5-11-29(40)12-7-10-19-47-22-21-46-18-9-4-6-13-31(41)38-17-20-48-23-24-49-25-26-50-36-35(45)34(44)33(43)30(27-39)51-36/h28,30,33-36,39,43-45H,3-27H2,1-2H3,(H,37,42)(H,38,41)/t30?,33-,34+,35?,36+/m1/s1. The highest BCUT2D eigenvalue weighted by Crippen LogP contribution is 2.21. The average Bonchev–Trinajstić information content (AvgIpc) is 3.11. The molecule has 0 aromatic heterocycles. The third-order valence-corrected chi connectivity index (χ3v) is 8.26. The first-order valence-corrected chi connectivity index (χ1v) is 18.9. The molecule has 1 aliphatic rings. The smallest absolute Gasteiger partial charge is 0.220 e. The second-order valence-electron chi connectivity index (χ2n) is 13.3. The van der Waals surface area contributed by atoms with Crippen molar-refractivity contribution in [2.45, 2.75) is 128 Å². The van der Waals surface area contributed by atoms with Crippen molar-refractivity contribution in [2.75, 3.05) is 79.2 Å². The summed E-state index contributed by atoms with van der Waals surface area (Å²) in [5.41, 5.74) is 0. The molecule has 0 aromatic carbocycles. The van der Waals surface area contributed by atoms with E-state index < -0.39 is 37.3 Å². The van der Waals surface area contributed by atoms with Gasteiger partial charge in [-0.05, 0) is 50.9 Å². The van der Waals surface area contributed by atoms with Gasteiger partial charge in [0, 0.05) is 52.0 Å². The van der Waals surface area contributed by atoms with Gasteiger partial charge < -0.3 is 59.5 Å². The van der Waals surface area contributed by atoms with Crippen LogP contribution in [0.5, 0.6) is 0 Å². The molecule has 2 amide bonds. The van der Waals surface area contributed by atoms with Gasteiger partial charge in [-0.2, -0.15) is 0 Å². The third kappa shape index (κ3) is 25.8. The van der Waals surface area contributed by atoms with E-state index in [1.54, 1.807) is 0 Å². The number of aliphatic hydroxyl groups excluding tert-OH is 4. The van der Waals surface area contributed by atoms with Crippen LogP contribution in [0.1, 0.15) is 97.3 Å². The fourth-order valence-corrected chi connectivity index (χ4v) is 5.10. The van der Waals surface area contributed by atoms with E-state index in [1.165, 1.54) is 0 Å². The van der Waals surface area contributed by atoms with Crippen LogP contribution < -0.4 is 10.6 Å². The molecule has 0 aromatic rings. The number of ketones is 1. The number of amides is 2. The van der Waals surface area contributed by atoms with E-state index in [9.17, 15) is 34.8 Å². The van der Waals surface area contributed by atoms with Crippen molar-refractivity contribution in [3.63, 3.8) is 0 Å². The van der Waals surface area contributed by atoms with Crippen LogP contribution in [0.2, 0.25) is 0 Å². The van der Waals surface area contributed by atoms with E-state index >= 15 is 0 Å². The Bertz CT molecular complexity index is 880. The number of carbonyl (C=O) groups is 3. The second-order valence-corrected chi connectivity index (χ2v) is 13.3. The summed E-state index contributed by atoms with van der Waals surface area (Å²) in [6.45, 7) is 8.32. The largest absolute Gasteiger partial charge is 0.394 e. The molecule has 5 atom stereocenters. The highest BCUT2D eigenvalue weighted by molar-refractivity contribution is 5.78. The molecule has 0 aliphatic carbocycles. The summed E-state index contributed by atoms with van der Waals surface area (Å²) in [5.74, 6) is 0.929. The normalized spacial score (nSPS) is 20.5. The summed E-state index contributed by atoms with van der Waals surface area (Å²) >= 11 is 0. The first kappa shape index (κ1) is 47.2. The van der Waals surface area contributed by atoms with Gasteiger partial charge in [-0.25, -0.2) is 0 Å². The van der Waals surface area contributed by atoms with E-state index in [4.69, 9.17) is 28.4 Å². The fraction of sp³-hybridized carbons (Fsp3) is 0.917. The summed E-state index contributed by atoms with van der Waals surface area (Å²) in [6.07, 6.45) is 3.55. The Morgan fingerprint density at radius 3 is 1.78 bits per heavy atom. The number of unbranched alkanes of at least 4 members (excludes halogenated alkanes) is 5. The van der Waals surface area contributed by atoms with Crippen LogP contribution in [-0.2, 0) is 42.8 Å². The highest BCUT2D eigenvalue weighted by Gasteiger charge is 2.43. The molecule has 1 saturated heterocycles. The van der Waals surface area contributed by atoms with Gasteiger partial charge in [0.05, 0.1) is 52.9 Å². The third-order valence-electron chi connectivity index (χ3n) is 8.26. The molecule has 15 nitrogen and oxygen atoms in total. The lowest BCUT2D eigenvalue weighted by Crippen LogP contribution is -2.59. The van der Waals surface area contributed by atoms with Crippen LogP contribution in [0, 0.1) is 5.92 Å². The SMILES string of the molecule is CC(C)CCC(=O)NCCCCCC(=O)CCCCOCCOCCCCCC(=O)NCCOCCOCCO[C@H]1OC(CO)[C@@H](O)[C@H](O)C1O. The molecule has 1 heterocycles. The van der Waals surface area contributed by atoms with Gasteiger partial charge in [0.15, 0.2) is 6.29 Å². The summed E-state index contributed by atoms with van der Waals surface area (Å²) in [5, 5.41) is 44.4. The Morgan fingerprint density at radius 1 is 0.588 bits per heavy atom. The highest BCUT2D eigenvalue weighted by atomic mass is 16.7. The zero-order chi connectivity index (χ0) is 37.5. The van der Waals surface area contributed by atoms with Crippen molar-refractivity contribution in [1.82, 2.24) is 10.6 Å². The van der Waals surface area contributed by atoms with Gasteiger partial charge in [0.2, 0.25) is 11.8 Å². The lowest BCUT2D eigenvalue weighted by molar-refractivity contribution is -0.302. The van der Waals surface area contributed by atoms with Crippen molar-refractivity contribution in [1.29, 1.82) is 0 Å². The van der Waals surface area contributed by atoms with Gasteiger partial charge >= 0.3 is 0 Å². The molecule has 1 aliphatic heterocycles. The maximum Gasteiger partial charge on any atom is 0.220 e. The number of carbonyl (C=O) groups excluding carboxylic acids is 3. The molecule has 1 fully saturated rings. The summed E-state index contributed by atoms with van der Waals surface area (Å²) in [4.78, 5) is 35.7. The zero-order valence-electron chi connectivity index (χ0n) is 31.1. The Labute approximate surface area is 304 Å². The molecule has 0 bridgehead atoms. The van der Waals surface area contributed by atoms with Gasteiger partial charge in [-0.15, -0.1) is 0 Å². The van der Waals surface area contributed by atoms with E-state index in [1.807, 2.05) is 0 Å². The second kappa shape index (κ2) is 31.7. The summed E-state index contributed by atoms with van der Waals surface area (Å²) in [6, 6.07) is 0. The van der Waals surface area contributed by atoms with E-state index in [-0.39, 0.29) is 25.0 Å². The van der Waals surface area contributed by atoms with Crippen LogP contribution in [0.3, 0.4) is 0 Å². The number of aliphatic hydroxyl groups is 4. The summed E-state index contributed by atoms with van der Waals surface area (Å²) in [7, 11) is 0. The predicted octanol–water partition coefficient (Wildman–Crippen LogP) is 1.40. The molecule has 6 N–H and O–H groups in total. The molecular formula is C36H68N2O13. The number of ether oxygens (including phenoxy) is 6. The number of Topliss-reactive ketones (excluding diaryl/α,β-unsaturated/α-hetero) is 1. The molecule has 0 saturated carbocycles. The maximum absolute atomic E-state index is 12.0. The first-order chi connectivity index (χ1) is 24.6. The van der Waals surface area contributed by atoms with Crippen molar-refractivity contribution >= 4 is 17.6 Å². The molecule has 51 heavy (non-hydrogen) atoms. The van der Waals surface area contributed by atoms with E-state index in [0.717, 1.165) is 57.8 Å². The topological polar surface area (TPSA) is 212 Å². The van der Waals surface area contributed by atoms with E-state index in [2.05, 4.69) is 24.5 Å². The Morgan fingerprint density at radius 2 is 1.12 bits per heavy atom. The van der Waals surface area contributed by atoms with Crippen molar-refractivity contribution in [2.24, 2.45) is 5.92 Å². The minimum absolute atomic E-state index is 0.0224. The molecule has 15 heteroatoms. The van der Waals surface area contributed by atoms with Crippen LogP contribution >= 0.6 is 0 Å². The fourth-order valence-electron chi connectivity index (χ4n) is 5.10. The van der Waals surface area contributed by atoms with E-state index in [0.29, 0.717) is 96.7 Å². The monoisotopic (exact) mass is 736 g/mol. The minimum atomic E-state index is -1.49. The molecule has 300 valence electrons. The quantitative estimate of drug-likeness (QED) is 0.0517. The first-order valence-electron chi connectivity index (χ1n) is 18.9. The van der Waals surface area contributed by atoms with Gasteiger partial charge in [-0.3, -0.25) is 14.4 Å². The van der Waals surface area contributed by atoms with Gasteiger partial charge in [-0.1, -0.05) is 26.7 Å². The lowest BCUT2D eigenvalue weighted by Gasteiger charge is -2.39. The number of hydrogen-bond acceptors (Lipinski definition) is 13. The molecule has 2 unspecified atom stereocenters. The van der Waals surface area contributed by atoms with Gasteiger partial charge in [0.25, 0.3) is 0 Å². The molecule has 0 spiro atoms. The lowest BCUT2D eigenvalue weighted by atomic mass is 9.99. The predicted molar refractivity (Wildman–Crippen MR) is 189 cm³/mol. The number of nitrogens with one attached hydrogen (secondary N) is 2. The molecular weight excluding hydrogens is 668 g/mol. The summed E-state index contributed by atoms with van der Waals surface area (Å²) < 4.78 is 32.6.